The molecule has 0 bridgehead atoms. The van der Waals surface area contributed by atoms with Crippen LogP contribution in [0.4, 0.5) is 5.82 Å². The Labute approximate surface area is 171 Å². The Kier molecular flexibility index (Phi) is 3.86. The van der Waals surface area contributed by atoms with Crippen LogP contribution in [0.5, 0.6) is 0 Å². The quantitative estimate of drug-likeness (QED) is 0.456. The Bertz CT molecular complexity index is 1180. The average Bonchev–Trinajstić information content (AvgIpc) is 3.24. The highest BCUT2D eigenvalue weighted by atomic mass is 15.2. The molecule has 1 aromatic heterocycles. The number of rotatable bonds is 3. The van der Waals surface area contributed by atoms with E-state index in [1.165, 1.54) is 52.5 Å². The van der Waals surface area contributed by atoms with Crippen LogP contribution in [0.2, 0.25) is 0 Å². The summed E-state index contributed by atoms with van der Waals surface area (Å²) in [6.45, 7) is 1.06. The fraction of sp³-hybridized carbons (Fsp3) is 0.231. The summed E-state index contributed by atoms with van der Waals surface area (Å²) in [5.74, 6) is 1.13. The molecule has 1 saturated heterocycles. The maximum absolute atomic E-state index is 4.78. The van der Waals surface area contributed by atoms with Gasteiger partial charge in [0.05, 0.1) is 11.6 Å². The van der Waals surface area contributed by atoms with Crippen molar-refractivity contribution in [1.29, 1.82) is 0 Å². The fourth-order valence-corrected chi connectivity index (χ4v) is 4.96. The molecule has 2 aliphatic rings. The maximum Gasteiger partial charge on any atom is 0.140 e. The molecule has 6 rings (SSSR count). The molecule has 142 valence electrons. The van der Waals surface area contributed by atoms with Crippen molar-refractivity contribution in [3.8, 4) is 11.1 Å². The SMILES string of the molecule is c1ccc(-c2ccc(C3CCCN3c3ncnc4ccc5c(c34)CC5)cc2)cc1. The molecule has 3 heteroatoms. The number of aromatic nitrogens is 2. The topological polar surface area (TPSA) is 29.0 Å². The molecule has 0 radical (unpaired) electrons. The number of nitrogens with zero attached hydrogens (tertiary/aromatic N) is 3. The zero-order chi connectivity index (χ0) is 19.2. The summed E-state index contributed by atoms with van der Waals surface area (Å²) in [6.07, 6.45) is 6.44. The van der Waals surface area contributed by atoms with Crippen molar-refractivity contribution in [2.75, 3.05) is 11.4 Å². The van der Waals surface area contributed by atoms with E-state index in [9.17, 15) is 0 Å². The van der Waals surface area contributed by atoms with Crippen LogP contribution in [0.3, 0.4) is 0 Å². The number of hydrogen-bond donors (Lipinski definition) is 0. The van der Waals surface area contributed by atoms with Gasteiger partial charge in [-0.25, -0.2) is 9.97 Å². The summed E-state index contributed by atoms with van der Waals surface area (Å²) in [7, 11) is 0. The Morgan fingerprint density at radius 1 is 0.793 bits per heavy atom. The first kappa shape index (κ1) is 16.7. The van der Waals surface area contributed by atoms with E-state index in [4.69, 9.17) is 4.98 Å². The van der Waals surface area contributed by atoms with Crippen molar-refractivity contribution in [3.63, 3.8) is 0 Å². The van der Waals surface area contributed by atoms with Crippen molar-refractivity contribution >= 4 is 16.7 Å². The van der Waals surface area contributed by atoms with Gasteiger partial charge in [0.25, 0.3) is 0 Å². The summed E-state index contributed by atoms with van der Waals surface area (Å²) >= 11 is 0. The number of anilines is 1. The fourth-order valence-electron chi connectivity index (χ4n) is 4.96. The molecule has 2 heterocycles. The van der Waals surface area contributed by atoms with Crippen molar-refractivity contribution in [1.82, 2.24) is 9.97 Å². The summed E-state index contributed by atoms with van der Waals surface area (Å²) in [5.41, 5.74) is 7.93. The van der Waals surface area contributed by atoms with Gasteiger partial charge < -0.3 is 4.90 Å². The molecule has 29 heavy (non-hydrogen) atoms. The van der Waals surface area contributed by atoms with Gasteiger partial charge in [-0.2, -0.15) is 0 Å². The highest BCUT2D eigenvalue weighted by Crippen LogP contribution is 2.41. The van der Waals surface area contributed by atoms with Crippen LogP contribution in [0.1, 0.15) is 35.6 Å². The van der Waals surface area contributed by atoms with Crippen LogP contribution < -0.4 is 4.90 Å². The highest BCUT2D eigenvalue weighted by molar-refractivity contribution is 5.94. The van der Waals surface area contributed by atoms with Crippen molar-refractivity contribution < 1.29 is 0 Å². The summed E-state index contributed by atoms with van der Waals surface area (Å²) in [4.78, 5) is 11.8. The van der Waals surface area contributed by atoms with Gasteiger partial charge in [-0.15, -0.1) is 0 Å². The second kappa shape index (κ2) is 6.70. The molecule has 0 spiro atoms. The third kappa shape index (κ3) is 2.72. The van der Waals surface area contributed by atoms with Crippen molar-refractivity contribution in [2.24, 2.45) is 0 Å². The number of aryl methyl sites for hydroxylation is 2. The minimum absolute atomic E-state index is 0.383. The zero-order valence-electron chi connectivity index (χ0n) is 16.4. The lowest BCUT2D eigenvalue weighted by Gasteiger charge is -2.30. The number of hydrogen-bond acceptors (Lipinski definition) is 3. The molecule has 4 aromatic rings. The van der Waals surface area contributed by atoms with E-state index in [1.807, 2.05) is 0 Å². The summed E-state index contributed by atoms with van der Waals surface area (Å²) in [5, 5.41) is 1.28. The normalized spacial score (nSPS) is 17.9. The molecule has 1 unspecified atom stereocenters. The first-order valence-corrected chi connectivity index (χ1v) is 10.6. The van der Waals surface area contributed by atoms with Crippen LogP contribution in [-0.4, -0.2) is 16.5 Å². The Morgan fingerprint density at radius 3 is 2.41 bits per heavy atom. The Morgan fingerprint density at radius 2 is 1.62 bits per heavy atom. The average molecular weight is 377 g/mol. The van der Waals surface area contributed by atoms with Gasteiger partial charge in [0.2, 0.25) is 0 Å². The monoisotopic (exact) mass is 377 g/mol. The smallest absolute Gasteiger partial charge is 0.140 e. The summed E-state index contributed by atoms with van der Waals surface area (Å²) in [6, 6.07) is 24.5. The van der Waals surface area contributed by atoms with E-state index in [-0.39, 0.29) is 0 Å². The molecular formula is C26H23N3. The van der Waals surface area contributed by atoms with Gasteiger partial charge in [-0.1, -0.05) is 60.7 Å². The molecule has 3 aromatic carbocycles. The van der Waals surface area contributed by atoms with E-state index in [0.29, 0.717) is 6.04 Å². The highest BCUT2D eigenvalue weighted by Gasteiger charge is 2.30. The van der Waals surface area contributed by atoms with E-state index >= 15 is 0 Å². The van der Waals surface area contributed by atoms with Crippen LogP contribution >= 0.6 is 0 Å². The van der Waals surface area contributed by atoms with E-state index in [1.54, 1.807) is 6.33 Å². The van der Waals surface area contributed by atoms with E-state index in [0.717, 1.165) is 24.3 Å². The predicted octanol–water partition coefficient (Wildman–Crippen LogP) is 5.74. The minimum Gasteiger partial charge on any atom is -0.349 e. The molecule has 0 saturated carbocycles. The Hall–Kier alpha value is -3.20. The van der Waals surface area contributed by atoms with Gasteiger partial charge in [0, 0.05) is 11.9 Å². The lowest BCUT2D eigenvalue weighted by Crippen LogP contribution is -2.25. The maximum atomic E-state index is 4.78. The first-order valence-electron chi connectivity index (χ1n) is 10.6. The molecule has 3 nitrogen and oxygen atoms in total. The standard InChI is InChI=1S/C26H23N3/c1-2-5-18(6-3-1)19-8-10-21(11-9-19)24-7-4-16-29(24)26-25-22-14-12-20(22)13-15-23(25)27-17-28-26/h1-3,5-6,8-11,13,15,17,24H,4,7,12,14,16H2. The lowest BCUT2D eigenvalue weighted by atomic mass is 9.85. The van der Waals surface area contributed by atoms with Gasteiger partial charge in [0.1, 0.15) is 12.1 Å². The third-order valence-corrected chi connectivity index (χ3v) is 6.56. The second-order valence-corrected chi connectivity index (χ2v) is 8.13. The van der Waals surface area contributed by atoms with Crippen LogP contribution in [0, 0.1) is 0 Å². The molecule has 0 N–H and O–H groups in total. The molecular weight excluding hydrogens is 354 g/mol. The third-order valence-electron chi connectivity index (χ3n) is 6.56. The number of fused-ring (bicyclic) bond motifs is 3. The lowest BCUT2D eigenvalue weighted by molar-refractivity contribution is 0.712. The van der Waals surface area contributed by atoms with Crippen LogP contribution in [-0.2, 0) is 12.8 Å². The second-order valence-electron chi connectivity index (χ2n) is 8.13. The molecule has 1 fully saturated rings. The van der Waals surface area contributed by atoms with Gasteiger partial charge >= 0.3 is 0 Å². The Balaban J connectivity index is 1.38. The minimum atomic E-state index is 0.383. The van der Waals surface area contributed by atoms with Crippen molar-refractivity contribution in [2.45, 2.75) is 31.7 Å². The van der Waals surface area contributed by atoms with Crippen molar-refractivity contribution in [3.05, 3.63) is 89.7 Å². The number of benzene rings is 3. The molecule has 1 aliphatic carbocycles. The van der Waals surface area contributed by atoms with Crippen LogP contribution in [0.15, 0.2) is 73.1 Å². The summed E-state index contributed by atoms with van der Waals surface area (Å²) < 4.78 is 0. The van der Waals surface area contributed by atoms with Gasteiger partial charge in [-0.3, -0.25) is 0 Å². The van der Waals surface area contributed by atoms with E-state index in [2.05, 4.69) is 76.6 Å². The molecule has 1 aliphatic heterocycles. The van der Waals surface area contributed by atoms with Gasteiger partial charge in [0.15, 0.2) is 0 Å². The van der Waals surface area contributed by atoms with E-state index < -0.39 is 0 Å². The zero-order valence-corrected chi connectivity index (χ0v) is 16.4. The first-order chi connectivity index (χ1) is 14.4. The largest absolute Gasteiger partial charge is 0.349 e. The molecule has 1 atom stereocenters. The van der Waals surface area contributed by atoms with Crippen LogP contribution in [0.25, 0.3) is 22.0 Å². The molecule has 0 amide bonds. The predicted molar refractivity (Wildman–Crippen MR) is 118 cm³/mol. The van der Waals surface area contributed by atoms with Gasteiger partial charge in [-0.05, 0) is 59.6 Å².